The van der Waals surface area contributed by atoms with Gasteiger partial charge in [0.15, 0.2) is 0 Å². The molecule has 0 aliphatic rings. The molecule has 0 aromatic heterocycles. The minimum absolute atomic E-state index is 0.162. The van der Waals surface area contributed by atoms with Gasteiger partial charge in [-0.1, -0.05) is 28.1 Å². The van der Waals surface area contributed by atoms with Gasteiger partial charge in [-0.3, -0.25) is 4.79 Å². The van der Waals surface area contributed by atoms with Crippen LogP contribution in [0.5, 0.6) is 5.75 Å². The summed E-state index contributed by atoms with van der Waals surface area (Å²) in [5.74, 6) is -0.0143. The number of benzene rings is 2. The first-order valence-electron chi connectivity index (χ1n) is 5.86. The Morgan fingerprint density at radius 2 is 2.05 bits per heavy atom. The molecule has 0 atom stereocenters. The third-order valence-electron chi connectivity index (χ3n) is 2.79. The fourth-order valence-corrected chi connectivity index (χ4v) is 2.18. The SMILES string of the molecule is Cc1cc(O)ccc1C(=O)Nc1cccc(CBr)c1. The summed E-state index contributed by atoms with van der Waals surface area (Å²) in [6.45, 7) is 1.80. The first-order valence-corrected chi connectivity index (χ1v) is 6.98. The number of phenols is 1. The summed E-state index contributed by atoms with van der Waals surface area (Å²) in [5, 5.41) is 12.9. The van der Waals surface area contributed by atoms with Crippen LogP contribution >= 0.6 is 15.9 Å². The van der Waals surface area contributed by atoms with E-state index in [2.05, 4.69) is 21.2 Å². The van der Waals surface area contributed by atoms with Crippen molar-refractivity contribution >= 4 is 27.5 Å². The van der Waals surface area contributed by atoms with E-state index in [1.807, 2.05) is 24.3 Å². The average molecular weight is 320 g/mol. The predicted octanol–water partition coefficient (Wildman–Crippen LogP) is 3.85. The number of aryl methyl sites for hydroxylation is 1. The number of anilines is 1. The van der Waals surface area contributed by atoms with E-state index in [-0.39, 0.29) is 11.7 Å². The molecule has 4 heteroatoms. The van der Waals surface area contributed by atoms with Crippen LogP contribution < -0.4 is 5.32 Å². The lowest BCUT2D eigenvalue weighted by molar-refractivity contribution is 0.102. The highest BCUT2D eigenvalue weighted by Crippen LogP contribution is 2.18. The van der Waals surface area contributed by atoms with Crippen molar-refractivity contribution in [2.24, 2.45) is 0 Å². The van der Waals surface area contributed by atoms with E-state index in [1.165, 1.54) is 6.07 Å². The van der Waals surface area contributed by atoms with Crippen LogP contribution in [0.1, 0.15) is 21.5 Å². The Labute approximate surface area is 120 Å². The molecule has 0 heterocycles. The summed E-state index contributed by atoms with van der Waals surface area (Å²) in [4.78, 5) is 12.1. The standard InChI is InChI=1S/C15H14BrNO2/c1-10-7-13(18)5-6-14(10)15(19)17-12-4-2-3-11(8-12)9-16/h2-8,18H,9H2,1H3,(H,17,19). The van der Waals surface area contributed by atoms with Crippen LogP contribution in [0.25, 0.3) is 0 Å². The predicted molar refractivity (Wildman–Crippen MR) is 79.9 cm³/mol. The lowest BCUT2D eigenvalue weighted by Crippen LogP contribution is -2.13. The van der Waals surface area contributed by atoms with Crippen LogP contribution in [-0.2, 0) is 5.33 Å². The molecule has 2 rings (SSSR count). The largest absolute Gasteiger partial charge is 0.508 e. The average Bonchev–Trinajstić information content (AvgIpc) is 2.38. The maximum atomic E-state index is 12.1. The Morgan fingerprint density at radius 1 is 1.26 bits per heavy atom. The van der Waals surface area contributed by atoms with Crippen molar-refractivity contribution in [3.8, 4) is 5.75 Å². The Balaban J connectivity index is 2.20. The molecule has 1 amide bonds. The molecular formula is C15H14BrNO2. The quantitative estimate of drug-likeness (QED) is 0.844. The van der Waals surface area contributed by atoms with Crippen molar-refractivity contribution in [1.82, 2.24) is 0 Å². The van der Waals surface area contributed by atoms with Gasteiger partial charge in [0.1, 0.15) is 5.75 Å². The Hall–Kier alpha value is -1.81. The molecule has 0 aliphatic heterocycles. The lowest BCUT2D eigenvalue weighted by atomic mass is 10.1. The number of carbonyl (C=O) groups excluding carboxylic acids is 1. The maximum absolute atomic E-state index is 12.1. The highest BCUT2D eigenvalue weighted by Gasteiger charge is 2.09. The Kier molecular flexibility index (Phi) is 4.22. The molecule has 2 aromatic rings. The second-order valence-corrected chi connectivity index (χ2v) is 4.85. The normalized spacial score (nSPS) is 10.2. The van der Waals surface area contributed by atoms with E-state index in [0.717, 1.165) is 22.1 Å². The minimum atomic E-state index is -0.177. The topological polar surface area (TPSA) is 49.3 Å². The molecule has 0 saturated carbocycles. The summed E-state index contributed by atoms with van der Waals surface area (Å²) in [7, 11) is 0. The van der Waals surface area contributed by atoms with Gasteiger partial charge in [0.2, 0.25) is 0 Å². The van der Waals surface area contributed by atoms with E-state index in [1.54, 1.807) is 19.1 Å². The number of phenolic OH excluding ortho intramolecular Hbond substituents is 1. The van der Waals surface area contributed by atoms with Crippen LogP contribution in [0.4, 0.5) is 5.69 Å². The fourth-order valence-electron chi connectivity index (χ4n) is 1.83. The number of hydrogen-bond donors (Lipinski definition) is 2. The molecule has 3 nitrogen and oxygen atoms in total. The summed E-state index contributed by atoms with van der Waals surface area (Å²) < 4.78 is 0. The molecule has 2 aromatic carbocycles. The van der Waals surface area contributed by atoms with Crippen molar-refractivity contribution < 1.29 is 9.90 Å². The van der Waals surface area contributed by atoms with Gasteiger partial charge in [0, 0.05) is 16.6 Å². The fraction of sp³-hybridized carbons (Fsp3) is 0.133. The van der Waals surface area contributed by atoms with Crippen molar-refractivity contribution in [2.75, 3.05) is 5.32 Å². The molecule has 0 spiro atoms. The third-order valence-corrected chi connectivity index (χ3v) is 3.44. The van der Waals surface area contributed by atoms with Crippen LogP contribution in [0.15, 0.2) is 42.5 Å². The summed E-state index contributed by atoms with van der Waals surface area (Å²) in [6.07, 6.45) is 0. The molecule has 0 fully saturated rings. The highest BCUT2D eigenvalue weighted by atomic mass is 79.9. The van der Waals surface area contributed by atoms with Gasteiger partial charge < -0.3 is 10.4 Å². The molecular weight excluding hydrogens is 306 g/mol. The van der Waals surface area contributed by atoms with Crippen LogP contribution in [0, 0.1) is 6.92 Å². The lowest BCUT2D eigenvalue weighted by Gasteiger charge is -2.09. The van der Waals surface area contributed by atoms with Gasteiger partial charge in [-0.25, -0.2) is 0 Å². The van der Waals surface area contributed by atoms with E-state index >= 15 is 0 Å². The van der Waals surface area contributed by atoms with Crippen LogP contribution in [0.3, 0.4) is 0 Å². The number of nitrogens with one attached hydrogen (secondary N) is 1. The van der Waals surface area contributed by atoms with Gasteiger partial charge in [-0.15, -0.1) is 0 Å². The minimum Gasteiger partial charge on any atom is -0.508 e. The van der Waals surface area contributed by atoms with Crippen molar-refractivity contribution in [2.45, 2.75) is 12.3 Å². The van der Waals surface area contributed by atoms with Gasteiger partial charge in [0.05, 0.1) is 0 Å². The maximum Gasteiger partial charge on any atom is 0.255 e. The van der Waals surface area contributed by atoms with E-state index < -0.39 is 0 Å². The molecule has 0 unspecified atom stereocenters. The van der Waals surface area contributed by atoms with E-state index in [0.29, 0.717) is 5.56 Å². The molecule has 0 saturated heterocycles. The summed E-state index contributed by atoms with van der Waals surface area (Å²) >= 11 is 3.38. The zero-order valence-electron chi connectivity index (χ0n) is 10.5. The number of amides is 1. The molecule has 2 N–H and O–H groups in total. The second-order valence-electron chi connectivity index (χ2n) is 4.29. The van der Waals surface area contributed by atoms with Crippen molar-refractivity contribution in [1.29, 1.82) is 0 Å². The summed E-state index contributed by atoms with van der Waals surface area (Å²) in [6, 6.07) is 12.4. The van der Waals surface area contributed by atoms with Crippen LogP contribution in [0.2, 0.25) is 0 Å². The van der Waals surface area contributed by atoms with Gasteiger partial charge in [0.25, 0.3) is 5.91 Å². The number of aromatic hydroxyl groups is 1. The molecule has 19 heavy (non-hydrogen) atoms. The molecule has 98 valence electrons. The molecule has 0 bridgehead atoms. The van der Waals surface area contributed by atoms with Crippen molar-refractivity contribution in [3.05, 3.63) is 59.2 Å². The van der Waals surface area contributed by atoms with E-state index in [4.69, 9.17) is 0 Å². The first-order chi connectivity index (χ1) is 9.10. The summed E-state index contributed by atoms with van der Waals surface area (Å²) in [5.41, 5.74) is 3.16. The molecule has 0 aliphatic carbocycles. The second kappa shape index (κ2) is 5.89. The number of halogens is 1. The van der Waals surface area contributed by atoms with Gasteiger partial charge in [-0.05, 0) is 48.4 Å². The number of rotatable bonds is 3. The third kappa shape index (κ3) is 3.35. The smallest absolute Gasteiger partial charge is 0.255 e. The Morgan fingerprint density at radius 3 is 2.74 bits per heavy atom. The first kappa shape index (κ1) is 13.6. The van der Waals surface area contributed by atoms with Gasteiger partial charge >= 0.3 is 0 Å². The molecule has 0 radical (unpaired) electrons. The van der Waals surface area contributed by atoms with Gasteiger partial charge in [-0.2, -0.15) is 0 Å². The Bertz CT molecular complexity index is 611. The zero-order chi connectivity index (χ0) is 13.8. The number of alkyl halides is 1. The highest BCUT2D eigenvalue weighted by molar-refractivity contribution is 9.08. The number of carbonyl (C=O) groups is 1. The number of hydrogen-bond acceptors (Lipinski definition) is 2. The zero-order valence-corrected chi connectivity index (χ0v) is 12.1. The van der Waals surface area contributed by atoms with Crippen LogP contribution in [-0.4, -0.2) is 11.0 Å². The van der Waals surface area contributed by atoms with Crippen molar-refractivity contribution in [3.63, 3.8) is 0 Å². The monoisotopic (exact) mass is 319 g/mol. The van der Waals surface area contributed by atoms with E-state index in [9.17, 15) is 9.90 Å².